The third-order valence-electron chi connectivity index (χ3n) is 4.37. The Hall–Kier alpha value is -0.930. The molecule has 0 aromatic heterocycles. The van der Waals surface area contributed by atoms with Crippen LogP contribution in [-0.4, -0.2) is 63.6 Å². The summed E-state index contributed by atoms with van der Waals surface area (Å²) < 4.78 is 54.9. The molecule has 2 unspecified atom stereocenters. The molecule has 2 atom stereocenters. The Bertz CT molecular complexity index is 647. The highest BCUT2D eigenvalue weighted by molar-refractivity contribution is 7.92. The van der Waals surface area contributed by atoms with Gasteiger partial charge in [0.1, 0.15) is 6.61 Å². The lowest BCUT2D eigenvalue weighted by atomic mass is 9.94. The van der Waals surface area contributed by atoms with Gasteiger partial charge in [0.05, 0.1) is 16.8 Å². The van der Waals surface area contributed by atoms with Crippen LogP contribution in [0, 0.1) is 5.92 Å². The molecule has 140 valence electrons. The topological polar surface area (TPSA) is 97.8 Å². The van der Waals surface area contributed by atoms with E-state index in [0.29, 0.717) is 25.9 Å². The number of esters is 1. The number of hydrogen-bond donors (Lipinski definition) is 0. The molecule has 1 aliphatic rings. The minimum atomic E-state index is -3.57. The highest BCUT2D eigenvalue weighted by atomic mass is 32.2. The van der Waals surface area contributed by atoms with E-state index in [4.69, 9.17) is 4.74 Å². The van der Waals surface area contributed by atoms with Gasteiger partial charge in [-0.25, -0.2) is 21.1 Å². The van der Waals surface area contributed by atoms with Crippen LogP contribution in [0.15, 0.2) is 12.7 Å². The lowest BCUT2D eigenvalue weighted by Gasteiger charge is -2.34. The molecule has 1 heterocycles. The Morgan fingerprint density at radius 3 is 2.25 bits per heavy atom. The summed E-state index contributed by atoms with van der Waals surface area (Å²) in [5.74, 6) is -0.622. The molecule has 1 rings (SSSR count). The first kappa shape index (κ1) is 21.1. The Morgan fingerprint density at radius 1 is 1.29 bits per heavy atom. The standard InChI is InChI=1S/C15H27NO6S2/c1-5-14(13-7-9-16(10-8-13)23(4,18)19)24(20,21)12(3)11-22-15(17)6-2/h5,12-14H,1,6-11H2,2-4H3. The number of piperidine rings is 1. The zero-order valence-electron chi connectivity index (χ0n) is 14.5. The molecule has 0 aromatic carbocycles. The van der Waals surface area contributed by atoms with Crippen molar-refractivity contribution in [3.63, 3.8) is 0 Å². The minimum Gasteiger partial charge on any atom is -0.464 e. The number of rotatable bonds is 8. The lowest BCUT2D eigenvalue weighted by molar-refractivity contribution is -0.143. The number of ether oxygens (including phenoxy) is 1. The number of nitrogens with zero attached hydrogens (tertiary/aromatic N) is 1. The van der Waals surface area contributed by atoms with E-state index in [1.54, 1.807) is 6.92 Å². The Kier molecular flexibility index (Phi) is 7.43. The second-order valence-corrected chi connectivity index (χ2v) is 10.6. The van der Waals surface area contributed by atoms with Crippen molar-refractivity contribution in [2.24, 2.45) is 5.92 Å². The quantitative estimate of drug-likeness (QED) is 0.459. The summed E-state index contributed by atoms with van der Waals surface area (Å²) >= 11 is 0. The number of carbonyl (C=O) groups excluding carboxylic acids is 1. The van der Waals surface area contributed by atoms with Crippen LogP contribution >= 0.6 is 0 Å². The molecule has 0 saturated carbocycles. The van der Waals surface area contributed by atoms with Crippen molar-refractivity contribution in [1.82, 2.24) is 4.31 Å². The van der Waals surface area contributed by atoms with Crippen molar-refractivity contribution in [3.05, 3.63) is 12.7 Å². The maximum absolute atomic E-state index is 12.7. The van der Waals surface area contributed by atoms with E-state index in [1.807, 2.05) is 0 Å². The van der Waals surface area contributed by atoms with Crippen LogP contribution in [0.3, 0.4) is 0 Å². The third-order valence-corrected chi connectivity index (χ3v) is 8.27. The largest absolute Gasteiger partial charge is 0.464 e. The van der Waals surface area contributed by atoms with Crippen molar-refractivity contribution in [2.45, 2.75) is 43.6 Å². The third kappa shape index (κ3) is 5.29. The minimum absolute atomic E-state index is 0.179. The predicted octanol–water partition coefficient (Wildman–Crippen LogP) is 0.969. The lowest BCUT2D eigenvalue weighted by Crippen LogP contribution is -2.44. The molecule has 1 aliphatic heterocycles. The van der Waals surface area contributed by atoms with Gasteiger partial charge in [-0.2, -0.15) is 0 Å². The van der Waals surface area contributed by atoms with Crippen LogP contribution < -0.4 is 0 Å². The van der Waals surface area contributed by atoms with E-state index >= 15 is 0 Å². The van der Waals surface area contributed by atoms with Gasteiger partial charge in [0.2, 0.25) is 10.0 Å². The van der Waals surface area contributed by atoms with E-state index in [1.165, 1.54) is 17.3 Å². The summed E-state index contributed by atoms with van der Waals surface area (Å²) in [4.78, 5) is 11.2. The van der Waals surface area contributed by atoms with E-state index in [9.17, 15) is 21.6 Å². The number of carbonyl (C=O) groups is 1. The summed E-state index contributed by atoms with van der Waals surface area (Å²) in [6.07, 6.45) is 3.68. The molecule has 0 N–H and O–H groups in total. The smallest absolute Gasteiger partial charge is 0.305 e. The zero-order chi connectivity index (χ0) is 18.5. The van der Waals surface area contributed by atoms with Gasteiger partial charge in [0.15, 0.2) is 9.84 Å². The number of sulfone groups is 1. The van der Waals surface area contributed by atoms with Crippen molar-refractivity contribution in [2.75, 3.05) is 26.0 Å². The molecule has 0 radical (unpaired) electrons. The predicted molar refractivity (Wildman–Crippen MR) is 92.8 cm³/mol. The maximum Gasteiger partial charge on any atom is 0.305 e. The van der Waals surface area contributed by atoms with Crippen LogP contribution in [0.2, 0.25) is 0 Å². The second-order valence-electron chi connectivity index (χ2n) is 6.14. The van der Waals surface area contributed by atoms with Gasteiger partial charge in [-0.05, 0) is 25.7 Å². The van der Waals surface area contributed by atoms with E-state index in [0.717, 1.165) is 6.26 Å². The van der Waals surface area contributed by atoms with Gasteiger partial charge < -0.3 is 4.74 Å². The monoisotopic (exact) mass is 381 g/mol. The fourth-order valence-electron chi connectivity index (χ4n) is 2.81. The average molecular weight is 382 g/mol. The SMILES string of the molecule is C=CC(C1CCN(S(C)(=O)=O)CC1)S(=O)(=O)C(C)COC(=O)CC. The molecular formula is C15H27NO6S2. The highest BCUT2D eigenvalue weighted by Gasteiger charge is 2.38. The van der Waals surface area contributed by atoms with E-state index in [-0.39, 0.29) is 18.9 Å². The van der Waals surface area contributed by atoms with Gasteiger partial charge in [0.25, 0.3) is 0 Å². The molecule has 0 spiro atoms. The van der Waals surface area contributed by atoms with Gasteiger partial charge in [-0.3, -0.25) is 4.79 Å². The molecule has 0 aliphatic carbocycles. The summed E-state index contributed by atoms with van der Waals surface area (Å²) in [6, 6.07) is 0. The molecular weight excluding hydrogens is 354 g/mol. The summed E-state index contributed by atoms with van der Waals surface area (Å²) in [5.41, 5.74) is 0. The van der Waals surface area contributed by atoms with Crippen LogP contribution in [0.1, 0.15) is 33.1 Å². The van der Waals surface area contributed by atoms with Gasteiger partial charge in [0, 0.05) is 19.5 Å². The van der Waals surface area contributed by atoms with Crippen LogP contribution in [-0.2, 0) is 29.4 Å². The fourth-order valence-corrected chi connectivity index (χ4v) is 5.55. The molecule has 7 nitrogen and oxygen atoms in total. The Balaban J connectivity index is 2.78. The summed E-state index contributed by atoms with van der Waals surface area (Å²) in [6.45, 7) is 7.24. The Morgan fingerprint density at radius 2 is 1.83 bits per heavy atom. The summed E-state index contributed by atoms with van der Waals surface area (Å²) in [7, 11) is -6.82. The number of sulfonamides is 1. The van der Waals surface area contributed by atoms with E-state index in [2.05, 4.69) is 6.58 Å². The first-order valence-corrected chi connectivity index (χ1v) is 11.5. The number of hydrogen-bond acceptors (Lipinski definition) is 6. The van der Waals surface area contributed by atoms with Gasteiger partial charge >= 0.3 is 5.97 Å². The average Bonchev–Trinajstić information content (AvgIpc) is 2.52. The molecule has 0 amide bonds. The maximum atomic E-state index is 12.7. The Labute approximate surface area is 145 Å². The van der Waals surface area contributed by atoms with E-state index < -0.39 is 36.3 Å². The zero-order valence-corrected chi connectivity index (χ0v) is 16.1. The molecule has 0 bridgehead atoms. The highest BCUT2D eigenvalue weighted by Crippen LogP contribution is 2.29. The molecule has 24 heavy (non-hydrogen) atoms. The van der Waals surface area contributed by atoms with Crippen molar-refractivity contribution in [1.29, 1.82) is 0 Å². The van der Waals surface area contributed by atoms with Gasteiger partial charge in [-0.1, -0.05) is 13.0 Å². The van der Waals surface area contributed by atoms with Crippen molar-refractivity contribution < 1.29 is 26.4 Å². The first-order chi connectivity index (χ1) is 11.0. The fraction of sp³-hybridized carbons (Fsp3) is 0.800. The van der Waals surface area contributed by atoms with Crippen molar-refractivity contribution >= 4 is 25.8 Å². The van der Waals surface area contributed by atoms with Crippen molar-refractivity contribution in [3.8, 4) is 0 Å². The van der Waals surface area contributed by atoms with Gasteiger partial charge in [-0.15, -0.1) is 6.58 Å². The molecule has 1 saturated heterocycles. The molecule has 0 aromatic rings. The van der Waals surface area contributed by atoms with Crippen LogP contribution in [0.4, 0.5) is 0 Å². The normalized spacial score (nSPS) is 20.3. The van der Waals surface area contributed by atoms with Crippen LogP contribution in [0.5, 0.6) is 0 Å². The van der Waals surface area contributed by atoms with Crippen LogP contribution in [0.25, 0.3) is 0 Å². The molecule has 1 fully saturated rings. The second kappa shape index (κ2) is 8.44. The molecule has 9 heteroatoms. The summed E-state index contributed by atoms with van der Waals surface area (Å²) in [5, 5.41) is -1.60. The first-order valence-electron chi connectivity index (χ1n) is 8.00.